The van der Waals surface area contributed by atoms with E-state index in [1.165, 1.54) is 11.1 Å². The quantitative estimate of drug-likeness (QED) is 0.287. The van der Waals surface area contributed by atoms with Crippen LogP contribution >= 0.6 is 0 Å². The second-order valence-electron chi connectivity index (χ2n) is 14.5. The molecule has 4 aliphatic heterocycles. The zero-order valence-electron chi connectivity index (χ0n) is 29.2. The van der Waals surface area contributed by atoms with Crippen molar-refractivity contribution in [3.63, 3.8) is 0 Å². The lowest BCUT2D eigenvalue weighted by atomic mass is 9.82. The molecule has 4 aliphatic rings. The monoisotopic (exact) mass is 659 g/mol. The van der Waals surface area contributed by atoms with Crippen LogP contribution in [0.25, 0.3) is 0 Å². The van der Waals surface area contributed by atoms with E-state index in [4.69, 9.17) is 0 Å². The van der Waals surface area contributed by atoms with Crippen LogP contribution in [0.2, 0.25) is 0 Å². The average Bonchev–Trinajstić information content (AvgIpc) is 3.27. The minimum atomic E-state index is -0.995. The summed E-state index contributed by atoms with van der Waals surface area (Å²) in [5.41, 5.74) is 4.48. The number of hydrogen-bond donors (Lipinski definition) is 2. The van der Waals surface area contributed by atoms with Gasteiger partial charge in [0.25, 0.3) is 0 Å². The number of piperazine rings is 1. The highest BCUT2D eigenvalue weighted by atomic mass is 16.4. The Morgan fingerprint density at radius 3 is 2.38 bits per heavy atom. The number of benzene rings is 2. The molecule has 2 aromatic carbocycles. The molecule has 3 atom stereocenters. The number of aryl methyl sites for hydroxylation is 2. The van der Waals surface area contributed by atoms with Gasteiger partial charge in [-0.2, -0.15) is 4.79 Å². The van der Waals surface area contributed by atoms with Gasteiger partial charge in [-0.25, -0.2) is 14.2 Å². The first-order valence-electron chi connectivity index (χ1n) is 18.2. The molecule has 0 bridgehead atoms. The van der Waals surface area contributed by atoms with Crippen molar-refractivity contribution in [2.45, 2.75) is 89.5 Å². The summed E-state index contributed by atoms with van der Waals surface area (Å²) in [4.78, 5) is 49.8. The molecule has 6 rings (SSSR count). The van der Waals surface area contributed by atoms with Crippen LogP contribution in [0.1, 0.15) is 68.2 Å². The molecule has 0 spiro atoms. The van der Waals surface area contributed by atoms with Crippen molar-refractivity contribution in [3.05, 3.63) is 64.7 Å². The number of para-hydroxylation sites is 1. The SMILES string of the molecule is CCc1ccc(C[N@+]2(C(=O)O)CCC(N3CCc4ccccc4NC3=O)CC2(CC=O)N2CCN(C3CCN(C)CC3)CC2)cc1CC. The first-order valence-corrected chi connectivity index (χ1v) is 18.2. The predicted octanol–water partition coefficient (Wildman–Crippen LogP) is 5.06. The van der Waals surface area contributed by atoms with Gasteiger partial charge in [-0.1, -0.05) is 44.2 Å². The second-order valence-corrected chi connectivity index (χ2v) is 14.5. The fourth-order valence-corrected chi connectivity index (χ4v) is 9.35. The number of carboxylic acid groups (broad SMARTS) is 1. The number of fused-ring (bicyclic) bond motifs is 1. The van der Waals surface area contributed by atoms with Crippen LogP contribution in [0, 0.1) is 0 Å². The number of quaternary nitrogens is 1. The summed E-state index contributed by atoms with van der Waals surface area (Å²) in [6, 6.07) is 14.6. The number of carbonyl (C=O) groups is 3. The zero-order valence-corrected chi connectivity index (χ0v) is 29.2. The lowest BCUT2D eigenvalue weighted by molar-refractivity contribution is -0.942. The van der Waals surface area contributed by atoms with Crippen molar-refractivity contribution in [2.75, 3.05) is 64.7 Å². The van der Waals surface area contributed by atoms with Crippen molar-refractivity contribution in [1.82, 2.24) is 19.6 Å². The van der Waals surface area contributed by atoms with E-state index in [-0.39, 0.29) is 23.0 Å². The molecule has 2 aromatic rings. The Labute approximate surface area is 286 Å². The smallest absolute Gasteiger partial charge is 0.435 e. The second kappa shape index (κ2) is 14.7. The van der Waals surface area contributed by atoms with Crippen molar-refractivity contribution < 1.29 is 24.0 Å². The maximum Gasteiger partial charge on any atom is 0.515 e. The Balaban J connectivity index is 1.35. The fourth-order valence-electron chi connectivity index (χ4n) is 9.35. The molecule has 3 fully saturated rings. The van der Waals surface area contributed by atoms with Gasteiger partial charge in [0.15, 0.2) is 5.66 Å². The Bertz CT molecular complexity index is 1470. The summed E-state index contributed by atoms with van der Waals surface area (Å²) < 4.78 is -0.221. The van der Waals surface area contributed by atoms with Gasteiger partial charge in [0.2, 0.25) is 0 Å². The van der Waals surface area contributed by atoms with Crippen molar-refractivity contribution >= 4 is 24.1 Å². The minimum absolute atomic E-state index is 0.105. The van der Waals surface area contributed by atoms with Crippen LogP contribution in [0.3, 0.4) is 0 Å². The van der Waals surface area contributed by atoms with Gasteiger partial charge in [0, 0.05) is 68.9 Å². The van der Waals surface area contributed by atoms with E-state index in [1.54, 1.807) is 0 Å². The van der Waals surface area contributed by atoms with Crippen molar-refractivity contribution in [3.8, 4) is 0 Å². The number of rotatable bonds is 9. The molecule has 3 amide bonds. The van der Waals surface area contributed by atoms with E-state index in [9.17, 15) is 19.5 Å². The number of aldehydes is 1. The van der Waals surface area contributed by atoms with Gasteiger partial charge < -0.3 is 25.0 Å². The minimum Gasteiger partial charge on any atom is -0.435 e. The third kappa shape index (κ3) is 6.52. The van der Waals surface area contributed by atoms with E-state index in [0.717, 1.165) is 81.4 Å². The average molecular weight is 660 g/mol. The number of nitrogens with one attached hydrogen (secondary N) is 1. The maximum absolute atomic E-state index is 13.9. The largest absolute Gasteiger partial charge is 0.515 e. The molecule has 0 aromatic heterocycles. The first-order chi connectivity index (χ1) is 23.2. The third-order valence-corrected chi connectivity index (χ3v) is 12.2. The van der Waals surface area contributed by atoms with E-state index in [1.807, 2.05) is 23.1 Å². The van der Waals surface area contributed by atoms with Gasteiger partial charge >= 0.3 is 12.1 Å². The van der Waals surface area contributed by atoms with Crippen LogP contribution in [0.5, 0.6) is 0 Å². The first kappa shape index (κ1) is 34.5. The highest BCUT2D eigenvalue weighted by Crippen LogP contribution is 2.45. The van der Waals surface area contributed by atoms with Gasteiger partial charge in [0.05, 0.1) is 13.0 Å². The summed E-state index contributed by atoms with van der Waals surface area (Å²) in [6.07, 6.45) is 5.98. The van der Waals surface area contributed by atoms with E-state index < -0.39 is 11.8 Å². The normalized spacial score (nSPS) is 28.0. The summed E-state index contributed by atoms with van der Waals surface area (Å²) >= 11 is 0. The number of urea groups is 1. The van der Waals surface area contributed by atoms with E-state index >= 15 is 0 Å². The van der Waals surface area contributed by atoms with Crippen LogP contribution in [0.15, 0.2) is 42.5 Å². The summed E-state index contributed by atoms with van der Waals surface area (Å²) in [6.45, 7) is 10.8. The van der Waals surface area contributed by atoms with E-state index in [2.05, 4.69) is 65.2 Å². The molecule has 4 heterocycles. The van der Waals surface area contributed by atoms with Crippen molar-refractivity contribution in [1.29, 1.82) is 0 Å². The topological polar surface area (TPSA) is 96.4 Å². The molecular formula is C38H55N6O4+. The Morgan fingerprint density at radius 2 is 1.69 bits per heavy atom. The Morgan fingerprint density at radius 1 is 0.958 bits per heavy atom. The van der Waals surface area contributed by atoms with Crippen molar-refractivity contribution in [2.24, 2.45) is 0 Å². The van der Waals surface area contributed by atoms with Crippen LogP contribution in [-0.4, -0.2) is 125 Å². The number of carbonyl (C=O) groups excluding carboxylic acids is 2. The molecular weight excluding hydrogens is 604 g/mol. The molecule has 0 radical (unpaired) electrons. The zero-order chi connectivity index (χ0) is 33.9. The van der Waals surface area contributed by atoms with Crippen LogP contribution < -0.4 is 5.32 Å². The number of likely N-dealkylation sites (tertiary alicyclic amines) is 2. The molecule has 0 saturated carbocycles. The Kier molecular flexibility index (Phi) is 10.6. The summed E-state index contributed by atoms with van der Waals surface area (Å²) in [7, 11) is 2.18. The number of nitrogens with zero attached hydrogens (tertiary/aromatic N) is 5. The summed E-state index contributed by atoms with van der Waals surface area (Å²) in [5.74, 6) is 0. The highest BCUT2D eigenvalue weighted by molar-refractivity contribution is 5.91. The number of piperidine rings is 2. The standard InChI is InChI=1S/C38H54N6O4/c1-4-30-11-10-29(26-31(30)5-2)28-44(37(47)48)24-15-34(43-19-12-32-8-6-7-9-35(32)39-36(43)46)27-38(44,16-25-45)42-22-20-41(21-23-42)33-13-17-40(3)18-14-33/h6-11,25-26,33-34H,4-5,12-24,27-28H2,1-3H3,(H-,39,46,47,48)/p+1/t34?,38?,44-/m0/s1. The van der Waals surface area contributed by atoms with Gasteiger partial charge in [-0.05, 0) is 81.1 Å². The molecule has 0 aliphatic carbocycles. The molecule has 260 valence electrons. The molecule has 2 N–H and O–H groups in total. The lowest BCUT2D eigenvalue weighted by Gasteiger charge is -2.59. The van der Waals surface area contributed by atoms with Crippen LogP contribution in [-0.2, 0) is 30.6 Å². The lowest BCUT2D eigenvalue weighted by Crippen LogP contribution is -2.79. The highest BCUT2D eigenvalue weighted by Gasteiger charge is 2.64. The molecule has 10 heteroatoms. The van der Waals surface area contributed by atoms with E-state index in [0.29, 0.717) is 51.6 Å². The molecule has 3 saturated heterocycles. The van der Waals surface area contributed by atoms with Gasteiger partial charge in [-0.15, -0.1) is 0 Å². The third-order valence-electron chi connectivity index (χ3n) is 12.2. The van der Waals surface area contributed by atoms with Gasteiger partial charge in [0.1, 0.15) is 12.8 Å². The number of amides is 3. The van der Waals surface area contributed by atoms with Crippen LogP contribution in [0.4, 0.5) is 15.3 Å². The predicted molar refractivity (Wildman–Crippen MR) is 188 cm³/mol. The number of hydrogen-bond acceptors (Lipinski definition) is 6. The molecule has 2 unspecified atom stereocenters. The maximum atomic E-state index is 13.9. The summed E-state index contributed by atoms with van der Waals surface area (Å²) in [5, 5.41) is 14.5. The molecule has 48 heavy (non-hydrogen) atoms. The number of anilines is 1. The Hall–Kier alpha value is -3.31. The van der Waals surface area contributed by atoms with Gasteiger partial charge in [-0.3, -0.25) is 4.90 Å². The fraction of sp³-hybridized carbons (Fsp3) is 0.605. The molecule has 10 nitrogen and oxygen atoms in total.